The second kappa shape index (κ2) is 8.78. The van der Waals surface area contributed by atoms with Crippen molar-refractivity contribution in [2.24, 2.45) is 0 Å². The van der Waals surface area contributed by atoms with Crippen LogP contribution in [0, 0.1) is 10.1 Å². The SMILES string of the molecule is O=C1c2ccc(OCCCN3CCOCC3)cc2C(=O)N1CCO[N+](=O)[O-]. The van der Waals surface area contributed by atoms with Gasteiger partial charge in [-0.15, -0.1) is 10.1 Å². The highest BCUT2D eigenvalue weighted by Crippen LogP contribution is 2.26. The predicted octanol–water partition coefficient (Wildman–Crippen LogP) is 0.592. The van der Waals surface area contributed by atoms with E-state index in [2.05, 4.69) is 9.74 Å². The van der Waals surface area contributed by atoms with Gasteiger partial charge in [0.1, 0.15) is 12.4 Å². The standard InChI is InChI=1S/C17H21N3O7/c21-16-14-3-2-13(26-8-1-4-18-5-9-25-10-6-18)12-15(14)17(22)19(16)7-11-27-20(23)24/h2-3,12H,1,4-11H2. The molecule has 0 unspecified atom stereocenters. The molecule has 2 aliphatic heterocycles. The molecule has 0 bridgehead atoms. The van der Waals surface area contributed by atoms with Crippen molar-refractivity contribution in [2.75, 3.05) is 52.6 Å². The van der Waals surface area contributed by atoms with E-state index in [4.69, 9.17) is 9.47 Å². The Kier molecular flexibility index (Phi) is 6.20. The van der Waals surface area contributed by atoms with Gasteiger partial charge in [-0.1, -0.05) is 0 Å². The van der Waals surface area contributed by atoms with Gasteiger partial charge in [0.2, 0.25) is 0 Å². The molecule has 3 rings (SSSR count). The second-order valence-electron chi connectivity index (χ2n) is 6.18. The first-order valence-electron chi connectivity index (χ1n) is 8.76. The van der Waals surface area contributed by atoms with Gasteiger partial charge in [0.25, 0.3) is 16.9 Å². The number of benzene rings is 1. The van der Waals surface area contributed by atoms with E-state index in [-0.39, 0.29) is 24.3 Å². The number of imide groups is 1. The Morgan fingerprint density at radius 3 is 2.56 bits per heavy atom. The molecule has 0 N–H and O–H groups in total. The monoisotopic (exact) mass is 379 g/mol. The van der Waals surface area contributed by atoms with Crippen molar-refractivity contribution in [1.29, 1.82) is 0 Å². The van der Waals surface area contributed by atoms with Crippen molar-refractivity contribution in [1.82, 2.24) is 9.80 Å². The molecule has 0 saturated carbocycles. The largest absolute Gasteiger partial charge is 0.494 e. The molecule has 2 amide bonds. The molecule has 0 spiro atoms. The van der Waals surface area contributed by atoms with Crippen LogP contribution in [0.2, 0.25) is 0 Å². The number of fused-ring (bicyclic) bond motifs is 1. The normalized spacial score (nSPS) is 17.1. The average molecular weight is 379 g/mol. The van der Waals surface area contributed by atoms with Crippen LogP contribution in [0.25, 0.3) is 0 Å². The number of hydrogen-bond donors (Lipinski definition) is 0. The molecule has 2 aliphatic rings. The Morgan fingerprint density at radius 2 is 1.81 bits per heavy atom. The quantitative estimate of drug-likeness (QED) is 0.265. The molecule has 10 heteroatoms. The van der Waals surface area contributed by atoms with E-state index >= 15 is 0 Å². The number of ether oxygens (including phenoxy) is 2. The summed E-state index contributed by atoms with van der Waals surface area (Å²) in [7, 11) is 0. The summed E-state index contributed by atoms with van der Waals surface area (Å²) in [6.45, 7) is 4.23. The van der Waals surface area contributed by atoms with Crippen molar-refractivity contribution in [3.05, 3.63) is 39.4 Å². The summed E-state index contributed by atoms with van der Waals surface area (Å²) in [5.74, 6) is -0.471. The number of rotatable bonds is 9. The van der Waals surface area contributed by atoms with E-state index in [0.29, 0.717) is 12.4 Å². The molecular formula is C17H21N3O7. The molecule has 1 aromatic carbocycles. The van der Waals surface area contributed by atoms with Gasteiger partial charge in [0, 0.05) is 19.6 Å². The fourth-order valence-corrected chi connectivity index (χ4v) is 3.07. The van der Waals surface area contributed by atoms with Crippen molar-refractivity contribution in [3.63, 3.8) is 0 Å². The first-order valence-corrected chi connectivity index (χ1v) is 8.76. The lowest BCUT2D eigenvalue weighted by Crippen LogP contribution is -2.37. The molecule has 1 fully saturated rings. The van der Waals surface area contributed by atoms with Crippen LogP contribution in [-0.4, -0.2) is 79.3 Å². The maximum absolute atomic E-state index is 12.4. The van der Waals surface area contributed by atoms with Crippen LogP contribution in [0.4, 0.5) is 0 Å². The Hall–Kier alpha value is -2.72. The zero-order chi connectivity index (χ0) is 19.2. The number of nitrogens with zero attached hydrogens (tertiary/aromatic N) is 3. The van der Waals surface area contributed by atoms with Gasteiger partial charge in [-0.25, -0.2) is 0 Å². The topological polar surface area (TPSA) is 111 Å². The van der Waals surface area contributed by atoms with E-state index in [1.165, 1.54) is 0 Å². The molecular weight excluding hydrogens is 358 g/mol. The minimum atomic E-state index is -0.957. The number of carbonyl (C=O) groups excluding carboxylic acids is 2. The second-order valence-corrected chi connectivity index (χ2v) is 6.18. The molecule has 10 nitrogen and oxygen atoms in total. The Balaban J connectivity index is 1.51. The van der Waals surface area contributed by atoms with Gasteiger partial charge in [-0.3, -0.25) is 19.4 Å². The van der Waals surface area contributed by atoms with Crippen LogP contribution in [0.1, 0.15) is 27.1 Å². The number of carbonyl (C=O) groups is 2. The van der Waals surface area contributed by atoms with Crippen molar-refractivity contribution in [2.45, 2.75) is 6.42 Å². The Morgan fingerprint density at radius 1 is 1.07 bits per heavy atom. The Labute approximate surface area is 155 Å². The summed E-state index contributed by atoms with van der Waals surface area (Å²) < 4.78 is 11.0. The molecule has 2 heterocycles. The van der Waals surface area contributed by atoms with Crippen LogP contribution in [0.3, 0.4) is 0 Å². The number of amides is 2. The van der Waals surface area contributed by atoms with Gasteiger partial charge < -0.3 is 14.3 Å². The van der Waals surface area contributed by atoms with Gasteiger partial charge in [-0.05, 0) is 24.6 Å². The fraction of sp³-hybridized carbons (Fsp3) is 0.529. The summed E-state index contributed by atoms with van der Waals surface area (Å²) >= 11 is 0. The highest BCUT2D eigenvalue weighted by molar-refractivity contribution is 6.21. The molecule has 0 aliphatic carbocycles. The smallest absolute Gasteiger partial charge is 0.294 e. The van der Waals surface area contributed by atoms with Crippen LogP contribution >= 0.6 is 0 Å². The lowest BCUT2D eigenvalue weighted by molar-refractivity contribution is -0.757. The molecule has 0 radical (unpaired) electrons. The third kappa shape index (κ3) is 4.72. The third-order valence-electron chi connectivity index (χ3n) is 4.44. The number of hydrogen-bond acceptors (Lipinski definition) is 8. The minimum Gasteiger partial charge on any atom is -0.494 e. The lowest BCUT2D eigenvalue weighted by Gasteiger charge is -2.26. The van der Waals surface area contributed by atoms with Crippen LogP contribution in [-0.2, 0) is 9.57 Å². The zero-order valence-corrected chi connectivity index (χ0v) is 14.8. The maximum atomic E-state index is 12.4. The van der Waals surface area contributed by atoms with Crippen molar-refractivity contribution < 1.29 is 29.0 Å². The van der Waals surface area contributed by atoms with Gasteiger partial charge >= 0.3 is 0 Å². The summed E-state index contributed by atoms with van der Waals surface area (Å²) in [5, 5.41) is 9.24. The van der Waals surface area contributed by atoms with E-state index in [1.807, 2.05) is 0 Å². The van der Waals surface area contributed by atoms with Gasteiger partial charge in [-0.2, -0.15) is 0 Å². The van der Waals surface area contributed by atoms with E-state index in [9.17, 15) is 19.7 Å². The molecule has 0 aromatic heterocycles. The van der Waals surface area contributed by atoms with Crippen LogP contribution < -0.4 is 4.74 Å². The molecule has 27 heavy (non-hydrogen) atoms. The maximum Gasteiger partial charge on any atom is 0.294 e. The van der Waals surface area contributed by atoms with Crippen LogP contribution in [0.5, 0.6) is 5.75 Å². The summed E-state index contributed by atoms with van der Waals surface area (Å²) in [6.07, 6.45) is 0.842. The summed E-state index contributed by atoms with van der Waals surface area (Å²) in [5.41, 5.74) is 0.508. The average Bonchev–Trinajstić information content (AvgIpc) is 2.90. The Bertz CT molecular complexity index is 718. The van der Waals surface area contributed by atoms with Crippen molar-refractivity contribution in [3.8, 4) is 5.75 Å². The van der Waals surface area contributed by atoms with Gasteiger partial charge in [0.05, 0.1) is 37.5 Å². The van der Waals surface area contributed by atoms with E-state index in [0.717, 1.165) is 44.2 Å². The zero-order valence-electron chi connectivity index (χ0n) is 14.8. The summed E-state index contributed by atoms with van der Waals surface area (Å²) in [6, 6.07) is 4.73. The minimum absolute atomic E-state index is 0.178. The molecule has 1 saturated heterocycles. The molecule has 146 valence electrons. The van der Waals surface area contributed by atoms with E-state index < -0.39 is 16.9 Å². The van der Waals surface area contributed by atoms with Gasteiger partial charge in [0.15, 0.2) is 0 Å². The predicted molar refractivity (Wildman–Crippen MR) is 92.1 cm³/mol. The van der Waals surface area contributed by atoms with Crippen molar-refractivity contribution >= 4 is 11.8 Å². The summed E-state index contributed by atoms with van der Waals surface area (Å²) in [4.78, 5) is 42.3. The molecule has 1 aromatic rings. The first kappa shape index (κ1) is 19.1. The lowest BCUT2D eigenvalue weighted by atomic mass is 10.1. The highest BCUT2D eigenvalue weighted by Gasteiger charge is 2.35. The van der Waals surface area contributed by atoms with Crippen LogP contribution in [0.15, 0.2) is 18.2 Å². The van der Waals surface area contributed by atoms with E-state index in [1.54, 1.807) is 18.2 Å². The molecule has 0 atom stereocenters. The number of morpholine rings is 1. The third-order valence-corrected chi connectivity index (χ3v) is 4.44. The first-order chi connectivity index (χ1) is 13.1. The fourth-order valence-electron chi connectivity index (χ4n) is 3.07. The highest BCUT2D eigenvalue weighted by atomic mass is 16.9.